The number of carbonyl (C=O) groups is 3. The fourth-order valence-electron chi connectivity index (χ4n) is 9.91. The molecule has 438 valence electrons. The first kappa shape index (κ1) is 72.4. The van der Waals surface area contributed by atoms with E-state index >= 15 is 0 Å². The molecule has 0 aromatic carbocycles. The third-order valence-corrected chi connectivity index (χ3v) is 14.8. The summed E-state index contributed by atoms with van der Waals surface area (Å²) >= 11 is 0. The number of ether oxygens (including phenoxy) is 3. The van der Waals surface area contributed by atoms with Gasteiger partial charge in [0.2, 0.25) is 0 Å². The highest BCUT2D eigenvalue weighted by Crippen LogP contribution is 2.18. The third-order valence-electron chi connectivity index (χ3n) is 14.8. The average molecular weight is 1050 g/mol. The van der Waals surface area contributed by atoms with Gasteiger partial charge in [0, 0.05) is 19.3 Å². The third kappa shape index (κ3) is 62.1. The van der Waals surface area contributed by atoms with Crippen LogP contribution in [0, 0.1) is 0 Å². The Morgan fingerprint density at radius 1 is 0.280 bits per heavy atom. The largest absolute Gasteiger partial charge is 0.462 e. The summed E-state index contributed by atoms with van der Waals surface area (Å²) in [7, 11) is 0. The van der Waals surface area contributed by atoms with Gasteiger partial charge in [0.05, 0.1) is 0 Å². The van der Waals surface area contributed by atoms with Gasteiger partial charge < -0.3 is 14.2 Å². The van der Waals surface area contributed by atoms with Crippen LogP contribution in [0.15, 0.2) is 48.6 Å². The van der Waals surface area contributed by atoms with Gasteiger partial charge >= 0.3 is 17.9 Å². The topological polar surface area (TPSA) is 78.9 Å². The monoisotopic (exact) mass is 1050 g/mol. The number of hydrogen-bond donors (Lipinski definition) is 0. The van der Waals surface area contributed by atoms with Crippen molar-refractivity contribution in [1.29, 1.82) is 0 Å². The normalized spacial score (nSPS) is 12.3. The Hall–Kier alpha value is -2.63. The molecule has 0 heterocycles. The minimum Gasteiger partial charge on any atom is -0.462 e. The number of unbranched alkanes of at least 4 members (excludes halogenated alkanes) is 42. The summed E-state index contributed by atoms with van der Waals surface area (Å²) in [5.74, 6) is -0.911. The van der Waals surface area contributed by atoms with Crippen molar-refractivity contribution < 1.29 is 28.6 Å². The molecule has 6 nitrogen and oxygen atoms in total. The van der Waals surface area contributed by atoms with E-state index in [0.29, 0.717) is 19.3 Å². The molecule has 0 radical (unpaired) electrons. The van der Waals surface area contributed by atoms with Crippen molar-refractivity contribution in [2.45, 2.75) is 361 Å². The number of carbonyl (C=O) groups excluding carboxylic acids is 3. The minimum atomic E-state index is -0.791. The number of esters is 3. The molecule has 0 aliphatic carbocycles. The fraction of sp³-hybridized carbons (Fsp3) is 0.841. The van der Waals surface area contributed by atoms with Crippen molar-refractivity contribution in [2.75, 3.05) is 13.2 Å². The highest BCUT2D eigenvalue weighted by molar-refractivity contribution is 5.71. The first-order valence-electron chi connectivity index (χ1n) is 33.1. The van der Waals surface area contributed by atoms with Gasteiger partial charge in [-0.05, 0) is 57.8 Å². The first-order valence-corrected chi connectivity index (χ1v) is 33.1. The second-order valence-electron chi connectivity index (χ2n) is 22.4. The van der Waals surface area contributed by atoms with E-state index < -0.39 is 6.10 Å². The molecule has 0 aromatic rings. The van der Waals surface area contributed by atoms with Crippen LogP contribution in [-0.2, 0) is 28.6 Å². The zero-order valence-electron chi connectivity index (χ0n) is 50.3. The van der Waals surface area contributed by atoms with E-state index in [9.17, 15) is 14.4 Å². The summed E-state index contributed by atoms with van der Waals surface area (Å²) in [5.41, 5.74) is 0. The molecule has 0 bridgehead atoms. The zero-order chi connectivity index (χ0) is 54.3. The molecule has 0 rings (SSSR count). The lowest BCUT2D eigenvalue weighted by molar-refractivity contribution is -0.167. The molecule has 75 heavy (non-hydrogen) atoms. The highest BCUT2D eigenvalue weighted by Gasteiger charge is 2.19. The molecule has 0 amide bonds. The molecule has 1 atom stereocenters. The van der Waals surface area contributed by atoms with Crippen LogP contribution in [0.5, 0.6) is 0 Å². The lowest BCUT2D eigenvalue weighted by atomic mass is 10.0. The molecule has 6 heteroatoms. The van der Waals surface area contributed by atoms with Crippen molar-refractivity contribution in [3.05, 3.63) is 48.6 Å². The van der Waals surface area contributed by atoms with Crippen molar-refractivity contribution in [3.8, 4) is 0 Å². The molecule has 0 saturated heterocycles. The molecule has 0 fully saturated rings. The summed E-state index contributed by atoms with van der Waals surface area (Å²) in [6, 6.07) is 0. The van der Waals surface area contributed by atoms with Crippen LogP contribution in [0.4, 0.5) is 0 Å². The van der Waals surface area contributed by atoms with Gasteiger partial charge in [-0.1, -0.05) is 326 Å². The molecule has 0 N–H and O–H groups in total. The Labute approximate surface area is 467 Å². The van der Waals surface area contributed by atoms with Crippen molar-refractivity contribution in [1.82, 2.24) is 0 Å². The second-order valence-corrected chi connectivity index (χ2v) is 22.4. The van der Waals surface area contributed by atoms with Crippen LogP contribution < -0.4 is 0 Å². The zero-order valence-corrected chi connectivity index (χ0v) is 50.3. The van der Waals surface area contributed by atoms with E-state index in [-0.39, 0.29) is 37.5 Å². The van der Waals surface area contributed by atoms with E-state index in [1.54, 1.807) is 0 Å². The molecular formula is C69H126O6. The standard InChI is InChI=1S/C69H126O6/c1-4-7-10-13-16-19-22-24-26-27-28-29-30-31-32-33-34-35-36-37-38-39-40-41-42-44-45-47-50-53-56-59-62-68(71)74-65-66(64-73-67(70)61-58-55-52-49-21-18-15-12-9-6-3)75-69(72)63-60-57-54-51-48-46-43-25-23-20-17-14-11-8-5-2/h8,11,17,20,25,43,48,51,66H,4-7,9-10,12-16,18-19,21-24,26-42,44-47,49-50,52-65H2,1-3H3/b11-8-,20-17-,43-25-,51-48-. The maximum atomic E-state index is 12.8. The van der Waals surface area contributed by atoms with Crippen LogP contribution >= 0.6 is 0 Å². The van der Waals surface area contributed by atoms with Crippen molar-refractivity contribution in [2.24, 2.45) is 0 Å². The van der Waals surface area contributed by atoms with Crippen molar-refractivity contribution in [3.63, 3.8) is 0 Å². The minimum absolute atomic E-state index is 0.0856. The van der Waals surface area contributed by atoms with Gasteiger partial charge in [-0.15, -0.1) is 0 Å². The smallest absolute Gasteiger partial charge is 0.306 e. The summed E-state index contributed by atoms with van der Waals surface area (Å²) < 4.78 is 16.8. The Balaban J connectivity index is 4.06. The van der Waals surface area contributed by atoms with E-state index in [2.05, 4.69) is 69.4 Å². The Bertz CT molecular complexity index is 1300. The van der Waals surface area contributed by atoms with E-state index in [4.69, 9.17) is 14.2 Å². The van der Waals surface area contributed by atoms with Crippen LogP contribution in [-0.4, -0.2) is 37.2 Å². The average Bonchev–Trinajstić information content (AvgIpc) is 3.41. The van der Waals surface area contributed by atoms with Gasteiger partial charge in [0.1, 0.15) is 13.2 Å². The van der Waals surface area contributed by atoms with E-state index in [0.717, 1.165) is 77.0 Å². The van der Waals surface area contributed by atoms with Gasteiger partial charge in [-0.25, -0.2) is 0 Å². The molecule has 0 saturated carbocycles. The molecule has 0 spiro atoms. The van der Waals surface area contributed by atoms with Gasteiger partial charge in [0.25, 0.3) is 0 Å². The number of allylic oxidation sites excluding steroid dienone is 8. The van der Waals surface area contributed by atoms with Crippen LogP contribution in [0.25, 0.3) is 0 Å². The lowest BCUT2D eigenvalue weighted by Crippen LogP contribution is -2.30. The lowest BCUT2D eigenvalue weighted by Gasteiger charge is -2.18. The first-order chi connectivity index (χ1) is 37.0. The summed E-state index contributed by atoms with van der Waals surface area (Å²) in [5, 5.41) is 0. The highest BCUT2D eigenvalue weighted by atomic mass is 16.6. The predicted octanol–water partition coefficient (Wildman–Crippen LogP) is 22.6. The van der Waals surface area contributed by atoms with Crippen molar-refractivity contribution >= 4 is 17.9 Å². The predicted molar refractivity (Wildman–Crippen MR) is 325 cm³/mol. The summed E-state index contributed by atoms with van der Waals surface area (Å²) in [6.07, 6.45) is 80.2. The summed E-state index contributed by atoms with van der Waals surface area (Å²) in [6.45, 7) is 6.53. The van der Waals surface area contributed by atoms with E-state index in [1.165, 1.54) is 231 Å². The molecule has 1 unspecified atom stereocenters. The van der Waals surface area contributed by atoms with Gasteiger partial charge in [-0.3, -0.25) is 14.4 Å². The number of hydrogen-bond acceptors (Lipinski definition) is 6. The SMILES string of the molecule is CC/C=C\C/C=C\C/C=C\C/C=C\CCCCC(=O)OC(COC(=O)CCCCCCCCCCCC)COC(=O)CCCCCCCCCCCCCCCCCCCCCCCCCCCCCCCCCC. The van der Waals surface area contributed by atoms with Crippen LogP contribution in [0.3, 0.4) is 0 Å². The fourth-order valence-corrected chi connectivity index (χ4v) is 9.91. The summed E-state index contributed by atoms with van der Waals surface area (Å²) in [4.78, 5) is 38.1. The quantitative estimate of drug-likeness (QED) is 0.0261. The van der Waals surface area contributed by atoms with Crippen LogP contribution in [0.2, 0.25) is 0 Å². The molecule has 0 aliphatic rings. The van der Waals surface area contributed by atoms with Crippen LogP contribution in [0.1, 0.15) is 355 Å². The second kappa shape index (κ2) is 63.9. The Morgan fingerprint density at radius 3 is 0.813 bits per heavy atom. The van der Waals surface area contributed by atoms with Gasteiger partial charge in [-0.2, -0.15) is 0 Å². The maximum Gasteiger partial charge on any atom is 0.306 e. The Morgan fingerprint density at radius 2 is 0.520 bits per heavy atom. The Kier molecular flexibility index (Phi) is 61.7. The molecule has 0 aromatic heterocycles. The maximum absolute atomic E-state index is 12.8. The van der Waals surface area contributed by atoms with E-state index in [1.807, 2.05) is 0 Å². The molecule has 0 aliphatic heterocycles. The molecular weight excluding hydrogens is 925 g/mol. The van der Waals surface area contributed by atoms with Gasteiger partial charge in [0.15, 0.2) is 6.10 Å². The number of rotatable bonds is 61.